The Hall–Kier alpha value is -18.3. The van der Waals surface area contributed by atoms with Crippen molar-refractivity contribution in [2.45, 2.75) is 27.7 Å². The maximum atomic E-state index is 6.08. The largest absolute Gasteiger partial charge is 0.456 e. The second-order valence-corrected chi connectivity index (χ2v) is 39.2. The summed E-state index contributed by atoms with van der Waals surface area (Å²) in [5.41, 5.74) is 38.7. The lowest BCUT2D eigenvalue weighted by atomic mass is 10.0. The van der Waals surface area contributed by atoms with E-state index in [1.807, 2.05) is 11.3 Å². The average molecular weight is 1860 g/mol. The summed E-state index contributed by atoms with van der Waals surface area (Å²) in [6, 6.07) is 180. The van der Waals surface area contributed by atoms with Gasteiger partial charge in [0.05, 0.1) is 66.2 Å². The zero-order chi connectivity index (χ0) is 95.7. The first-order valence-corrected chi connectivity index (χ1v) is 50.3. The zero-order valence-corrected chi connectivity index (χ0v) is 80.7. The van der Waals surface area contributed by atoms with Crippen LogP contribution in [-0.4, -0.2) is 27.4 Å². The number of benzene rings is 22. The van der Waals surface area contributed by atoms with E-state index in [4.69, 9.17) is 4.42 Å². The molecule has 0 spiro atoms. The van der Waals surface area contributed by atoms with Crippen molar-refractivity contribution in [2.24, 2.45) is 0 Å². The van der Waals surface area contributed by atoms with Crippen molar-refractivity contribution in [3.8, 4) is 78.6 Å². The molecule has 0 aliphatic carbocycles. The van der Waals surface area contributed by atoms with Crippen molar-refractivity contribution in [1.82, 2.24) is 27.4 Å². The van der Waals surface area contributed by atoms with Gasteiger partial charge in [-0.15, -0.1) is 11.3 Å². The van der Waals surface area contributed by atoms with Gasteiger partial charge in [0.2, 0.25) is 0 Å². The molecule has 144 heavy (non-hydrogen) atoms. The topological polar surface area (TPSA) is 42.7 Å². The monoisotopic (exact) mass is 1860 g/mol. The molecule has 0 aliphatic heterocycles. The van der Waals surface area contributed by atoms with Gasteiger partial charge in [0, 0.05) is 130 Å². The predicted molar refractivity (Wildman–Crippen MR) is 613 cm³/mol. The molecule has 0 aliphatic rings. The first kappa shape index (κ1) is 84.9. The van der Waals surface area contributed by atoms with E-state index >= 15 is 0 Å². The van der Waals surface area contributed by atoms with Gasteiger partial charge in [-0.1, -0.05) is 278 Å². The van der Waals surface area contributed by atoms with E-state index in [2.05, 4.69) is 553 Å². The van der Waals surface area contributed by atoms with Crippen LogP contribution in [0.2, 0.25) is 0 Å². The standard InChI is InChI=1S/2C37H26N2.C31H21NO.C31H21NS/c1-25-16-19-35-31(22-25)33-24-27(18-21-37(33)39(35)29-12-6-3-7-13-29)26-17-20-36-32(23-26)30-14-8-9-15-34(30)38(36)28-10-4-2-5-11-28;1-25-10-9-13-29(22-25)39-35-17-8-6-15-31(35)33-24-27(19-21-37(33)39)26-18-20-36-32(23-26)30-14-5-7-16-34(30)38(36)28-11-3-2-4-12-28;2*1-20-11-15-30-26(17-20)27-19-22(13-16-31(27)33-30)21-12-14-29-25(18-21)24-9-5-6-10-28(24)32(29)23-7-3-2-4-8-23/h2*2-24H,1H3;2*2-19H,1H3. The Morgan fingerprint density at radius 2 is 0.340 bits per heavy atom. The molecule has 0 atom stereocenters. The Morgan fingerprint density at radius 1 is 0.139 bits per heavy atom. The highest BCUT2D eigenvalue weighted by Gasteiger charge is 2.23. The van der Waals surface area contributed by atoms with Gasteiger partial charge in [0.15, 0.2) is 0 Å². The molecule has 8 aromatic heterocycles. The van der Waals surface area contributed by atoms with E-state index < -0.39 is 0 Å². The van der Waals surface area contributed by atoms with Crippen molar-refractivity contribution in [3.05, 3.63) is 520 Å². The quantitative estimate of drug-likeness (QED) is 0.135. The molecular weight excluding hydrogens is 1770 g/mol. The first-order valence-electron chi connectivity index (χ1n) is 49.5. The minimum Gasteiger partial charge on any atom is -0.456 e. The van der Waals surface area contributed by atoms with Crippen molar-refractivity contribution in [3.63, 3.8) is 0 Å². The van der Waals surface area contributed by atoms with Crippen LogP contribution in [0.4, 0.5) is 0 Å². The van der Waals surface area contributed by atoms with Crippen LogP contribution < -0.4 is 0 Å². The van der Waals surface area contributed by atoms with E-state index in [-0.39, 0.29) is 0 Å². The van der Waals surface area contributed by atoms with Gasteiger partial charge in [-0.25, -0.2) is 0 Å². The average Bonchev–Trinajstić information content (AvgIpc) is 1.59. The number of aryl methyl sites for hydroxylation is 4. The molecule has 0 unspecified atom stereocenters. The van der Waals surface area contributed by atoms with E-state index in [0.717, 1.165) is 16.6 Å². The molecule has 0 radical (unpaired) electrons. The maximum absolute atomic E-state index is 6.08. The fraction of sp³-hybridized carbons (Fsp3) is 0.0294. The van der Waals surface area contributed by atoms with Crippen LogP contribution in [0.5, 0.6) is 0 Å². The van der Waals surface area contributed by atoms with Crippen LogP contribution in [0, 0.1) is 27.7 Å². The molecule has 7 nitrogen and oxygen atoms in total. The Kier molecular flexibility index (Phi) is 20.6. The fourth-order valence-corrected chi connectivity index (χ4v) is 23.6. The molecule has 0 amide bonds. The molecule has 30 rings (SSSR count). The van der Waals surface area contributed by atoms with Gasteiger partial charge in [0.25, 0.3) is 0 Å². The van der Waals surface area contributed by atoms with Crippen LogP contribution in [0.15, 0.2) is 502 Å². The maximum Gasteiger partial charge on any atom is 0.135 e. The van der Waals surface area contributed by atoms with Crippen molar-refractivity contribution >= 4 is 184 Å². The molecular formula is C136H94N6OS. The van der Waals surface area contributed by atoms with Crippen LogP contribution in [0.1, 0.15) is 22.3 Å². The Bertz CT molecular complexity index is 10100. The molecule has 0 N–H and O–H groups in total. The number of hydrogen-bond acceptors (Lipinski definition) is 2. The summed E-state index contributed by atoms with van der Waals surface area (Å²) in [5, 5.41) is 20.4. The number of fused-ring (bicyclic) bond motifs is 24. The molecule has 8 heteroatoms. The lowest BCUT2D eigenvalue weighted by molar-refractivity contribution is 0.669. The lowest BCUT2D eigenvalue weighted by Gasteiger charge is -2.10. The third kappa shape index (κ3) is 14.5. The summed E-state index contributed by atoms with van der Waals surface area (Å²) < 4.78 is 23.0. The highest BCUT2D eigenvalue weighted by molar-refractivity contribution is 7.25. The highest BCUT2D eigenvalue weighted by atomic mass is 32.1. The smallest absolute Gasteiger partial charge is 0.135 e. The van der Waals surface area contributed by atoms with Gasteiger partial charge in [-0.05, 0) is 314 Å². The summed E-state index contributed by atoms with van der Waals surface area (Å²) in [6.07, 6.45) is 0. The number of hydrogen-bond donors (Lipinski definition) is 0. The predicted octanol–water partition coefficient (Wildman–Crippen LogP) is 37.5. The van der Waals surface area contributed by atoms with E-state index in [1.165, 1.54) is 257 Å². The van der Waals surface area contributed by atoms with Gasteiger partial charge >= 0.3 is 0 Å². The van der Waals surface area contributed by atoms with E-state index in [9.17, 15) is 0 Å². The fourth-order valence-electron chi connectivity index (χ4n) is 22.5. The molecule has 8 heterocycles. The van der Waals surface area contributed by atoms with E-state index in [0.29, 0.717) is 0 Å². The number of para-hydroxylation sites is 10. The Balaban J connectivity index is 0.0000000959. The minimum atomic E-state index is 0.932. The van der Waals surface area contributed by atoms with Crippen LogP contribution in [-0.2, 0) is 0 Å². The summed E-state index contributed by atoms with van der Waals surface area (Å²) >= 11 is 1.88. The van der Waals surface area contributed by atoms with Crippen molar-refractivity contribution in [1.29, 1.82) is 0 Å². The second kappa shape index (κ2) is 34.9. The third-order valence-corrected chi connectivity index (χ3v) is 30.3. The first-order chi connectivity index (χ1) is 71.0. The summed E-state index contributed by atoms with van der Waals surface area (Å²) in [6.45, 7) is 8.62. The molecule has 680 valence electrons. The number of nitrogens with zero attached hydrogens (tertiary/aromatic N) is 6. The zero-order valence-electron chi connectivity index (χ0n) is 79.8. The SMILES string of the molecule is Cc1ccc2c(c1)c1cc(-c3ccc4c(c3)c3ccccc3n4-c3ccccc3)ccc1n2-c1ccccc1.Cc1ccc2oc3ccc(-c4ccc5c(c4)c4ccccc4n5-c4ccccc4)cc3c2c1.Cc1ccc2sc3ccc(-c4ccc5c(c4)c4ccccc4n5-c4ccccc4)cc3c2c1.Cc1cccc(-n2c3ccccc3c3cc(-c4ccc5c(c4)c4ccccc4n5-c4ccccc4)ccc32)c1. The Morgan fingerprint density at radius 3 is 0.681 bits per heavy atom. The minimum absolute atomic E-state index is 0.932. The van der Waals surface area contributed by atoms with Crippen LogP contribution in [0.25, 0.3) is 252 Å². The van der Waals surface area contributed by atoms with E-state index in [1.54, 1.807) is 0 Å². The van der Waals surface area contributed by atoms with Crippen LogP contribution >= 0.6 is 11.3 Å². The number of furan rings is 1. The number of rotatable bonds is 10. The third-order valence-electron chi connectivity index (χ3n) is 29.2. The van der Waals surface area contributed by atoms with Crippen molar-refractivity contribution < 1.29 is 4.42 Å². The molecule has 22 aromatic carbocycles. The highest BCUT2D eigenvalue weighted by Crippen LogP contribution is 2.46. The molecule has 0 saturated heterocycles. The molecule has 30 aromatic rings. The normalized spacial score (nSPS) is 11.8. The van der Waals surface area contributed by atoms with Gasteiger partial charge in [-0.2, -0.15) is 0 Å². The van der Waals surface area contributed by atoms with Gasteiger partial charge < -0.3 is 31.8 Å². The summed E-state index contributed by atoms with van der Waals surface area (Å²) in [5.74, 6) is 0. The summed E-state index contributed by atoms with van der Waals surface area (Å²) in [7, 11) is 0. The molecule has 0 fully saturated rings. The molecule has 0 saturated carbocycles. The number of aromatic nitrogens is 6. The summed E-state index contributed by atoms with van der Waals surface area (Å²) in [4.78, 5) is 0. The second-order valence-electron chi connectivity index (χ2n) is 38.2. The van der Waals surface area contributed by atoms with Crippen LogP contribution in [0.3, 0.4) is 0 Å². The van der Waals surface area contributed by atoms with Gasteiger partial charge in [0.1, 0.15) is 11.2 Å². The number of thiophene rings is 1. The van der Waals surface area contributed by atoms with Crippen molar-refractivity contribution in [2.75, 3.05) is 0 Å². The lowest BCUT2D eigenvalue weighted by Crippen LogP contribution is -1.94. The molecule has 0 bridgehead atoms. The Labute approximate surface area is 836 Å². The van der Waals surface area contributed by atoms with Gasteiger partial charge in [-0.3, -0.25) is 0 Å².